The Labute approximate surface area is 137 Å². The third-order valence-electron chi connectivity index (χ3n) is 2.76. The van der Waals surface area contributed by atoms with Gasteiger partial charge in [0.2, 0.25) is 0 Å². The molecule has 0 bridgehead atoms. The molecule has 6 heteroatoms. The highest BCUT2D eigenvalue weighted by atomic mass is 33.1. The summed E-state index contributed by atoms with van der Waals surface area (Å²) in [5, 5.41) is 10.3. The van der Waals surface area contributed by atoms with Crippen molar-refractivity contribution in [2.24, 2.45) is 0 Å². The predicted molar refractivity (Wildman–Crippen MR) is 92.4 cm³/mol. The zero-order chi connectivity index (χ0) is 15.8. The molecule has 1 amide bonds. The Morgan fingerprint density at radius 1 is 1.14 bits per heavy atom. The number of carbonyl (C=O) groups is 1. The van der Waals surface area contributed by atoms with Crippen molar-refractivity contribution in [2.75, 3.05) is 6.26 Å². The van der Waals surface area contributed by atoms with E-state index in [2.05, 4.69) is 5.32 Å². The first kappa shape index (κ1) is 16.5. The molecule has 0 saturated heterocycles. The Hall–Kier alpha value is -1.92. The molecule has 2 rings (SSSR count). The number of benzene rings is 2. The number of hydrogen-bond donors (Lipinski definition) is 2. The number of alkyl carbamates (subject to hydrolysis) is 1. The average molecular weight is 332 g/mol. The summed E-state index contributed by atoms with van der Waals surface area (Å²) in [6, 6.07) is 16.9. The fourth-order valence-corrected chi connectivity index (χ4v) is 3.06. The van der Waals surface area contributed by atoms with Gasteiger partial charge in [0.25, 0.3) is 0 Å². The van der Waals surface area contributed by atoms with Crippen molar-refractivity contribution in [3.05, 3.63) is 65.7 Å². The van der Waals surface area contributed by atoms with Gasteiger partial charge in [-0.1, -0.05) is 64.1 Å². The summed E-state index contributed by atoms with van der Waals surface area (Å²) in [6.07, 6.45) is 1.38. The van der Waals surface area contributed by atoms with Crippen molar-refractivity contribution < 1.29 is 9.53 Å². The van der Waals surface area contributed by atoms with E-state index in [0.29, 0.717) is 5.56 Å². The minimum absolute atomic E-state index is 0.0266. The fourth-order valence-electron chi connectivity index (χ4n) is 1.71. The molecule has 0 aliphatic heterocycles. The monoisotopic (exact) mass is 332 g/mol. The van der Waals surface area contributed by atoms with Crippen molar-refractivity contribution in [1.29, 1.82) is 5.41 Å². The normalized spacial score (nSPS) is 10.0. The Morgan fingerprint density at radius 2 is 1.82 bits per heavy atom. The zero-order valence-corrected chi connectivity index (χ0v) is 13.7. The molecular formula is C16H16N2O2S2. The smallest absolute Gasteiger partial charge is 0.413 e. The average Bonchev–Trinajstić information content (AvgIpc) is 2.55. The lowest BCUT2D eigenvalue weighted by Gasteiger charge is -2.08. The molecule has 0 unspecified atom stereocenters. The lowest BCUT2D eigenvalue weighted by atomic mass is 10.2. The summed E-state index contributed by atoms with van der Waals surface area (Å²) < 4.78 is 5.08. The van der Waals surface area contributed by atoms with E-state index >= 15 is 0 Å². The molecule has 4 nitrogen and oxygen atoms in total. The molecule has 0 aliphatic carbocycles. The summed E-state index contributed by atoms with van der Waals surface area (Å²) in [5.41, 5.74) is 1.55. The van der Waals surface area contributed by atoms with Gasteiger partial charge in [-0.15, -0.1) is 0 Å². The van der Waals surface area contributed by atoms with E-state index in [-0.39, 0.29) is 12.4 Å². The Kier molecular flexibility index (Phi) is 6.36. The minimum Gasteiger partial charge on any atom is -0.444 e. The van der Waals surface area contributed by atoms with Gasteiger partial charge in [-0.25, -0.2) is 4.79 Å². The molecule has 2 N–H and O–H groups in total. The highest BCUT2D eigenvalue weighted by Crippen LogP contribution is 2.28. The second-order valence-corrected chi connectivity index (χ2v) is 6.81. The van der Waals surface area contributed by atoms with E-state index in [1.54, 1.807) is 33.7 Å². The molecular weight excluding hydrogens is 316 g/mol. The number of amidine groups is 1. The van der Waals surface area contributed by atoms with E-state index in [9.17, 15) is 4.79 Å². The summed E-state index contributed by atoms with van der Waals surface area (Å²) in [6.45, 7) is 0.184. The van der Waals surface area contributed by atoms with Gasteiger partial charge in [0.15, 0.2) is 0 Å². The fraction of sp³-hybridized carbons (Fsp3) is 0.125. The predicted octanol–water partition coefficient (Wildman–Crippen LogP) is 4.31. The Balaban J connectivity index is 1.84. The Bertz CT molecular complexity index is 630. The SMILES string of the molecule is CSSc1ccc(C(=N)NC(=O)OCc2ccccc2)cc1. The molecule has 0 saturated carbocycles. The van der Waals surface area contributed by atoms with Gasteiger partial charge in [-0.3, -0.25) is 10.7 Å². The zero-order valence-electron chi connectivity index (χ0n) is 12.0. The van der Waals surface area contributed by atoms with E-state index in [0.717, 1.165) is 10.5 Å². The van der Waals surface area contributed by atoms with Crippen LogP contribution in [0.3, 0.4) is 0 Å². The summed E-state index contributed by atoms with van der Waals surface area (Å²) in [4.78, 5) is 12.8. The molecule has 0 atom stereocenters. The van der Waals surface area contributed by atoms with E-state index in [4.69, 9.17) is 10.1 Å². The van der Waals surface area contributed by atoms with Gasteiger partial charge in [-0.05, 0) is 24.0 Å². The maximum absolute atomic E-state index is 11.7. The third kappa shape index (κ3) is 5.13. The van der Waals surface area contributed by atoms with Gasteiger partial charge in [0.05, 0.1) is 0 Å². The molecule has 22 heavy (non-hydrogen) atoms. The molecule has 114 valence electrons. The summed E-state index contributed by atoms with van der Waals surface area (Å²) in [7, 11) is 3.31. The van der Waals surface area contributed by atoms with Crippen LogP contribution in [0.2, 0.25) is 0 Å². The van der Waals surface area contributed by atoms with Crippen LogP contribution in [-0.4, -0.2) is 18.2 Å². The quantitative estimate of drug-likeness (QED) is 0.486. The van der Waals surface area contributed by atoms with Crippen LogP contribution in [0.4, 0.5) is 4.79 Å². The molecule has 0 radical (unpaired) electrons. The van der Waals surface area contributed by atoms with Crippen molar-refractivity contribution in [3.63, 3.8) is 0 Å². The number of ether oxygens (including phenoxy) is 1. The van der Waals surface area contributed by atoms with Crippen molar-refractivity contribution in [2.45, 2.75) is 11.5 Å². The lowest BCUT2D eigenvalue weighted by molar-refractivity contribution is 0.145. The van der Waals surface area contributed by atoms with Crippen LogP contribution < -0.4 is 5.32 Å². The lowest BCUT2D eigenvalue weighted by Crippen LogP contribution is -2.30. The van der Waals surface area contributed by atoms with Gasteiger partial charge >= 0.3 is 6.09 Å². The molecule has 0 aliphatic rings. The first-order valence-corrected chi connectivity index (χ1v) is 9.12. The van der Waals surface area contributed by atoms with E-state index in [1.807, 2.05) is 48.7 Å². The molecule has 0 heterocycles. The topological polar surface area (TPSA) is 62.2 Å². The van der Waals surface area contributed by atoms with Gasteiger partial charge in [0.1, 0.15) is 12.4 Å². The number of rotatable bonds is 5. The van der Waals surface area contributed by atoms with Crippen LogP contribution in [0.25, 0.3) is 0 Å². The van der Waals surface area contributed by atoms with Crippen molar-refractivity contribution in [1.82, 2.24) is 5.32 Å². The molecule has 0 aromatic heterocycles. The number of nitrogens with one attached hydrogen (secondary N) is 2. The van der Waals surface area contributed by atoms with Crippen LogP contribution in [0.1, 0.15) is 11.1 Å². The number of amides is 1. The van der Waals surface area contributed by atoms with E-state index in [1.165, 1.54) is 0 Å². The second-order valence-electron chi connectivity index (χ2n) is 4.34. The van der Waals surface area contributed by atoms with E-state index < -0.39 is 6.09 Å². The van der Waals surface area contributed by atoms with Crippen LogP contribution in [-0.2, 0) is 11.3 Å². The maximum atomic E-state index is 11.7. The summed E-state index contributed by atoms with van der Waals surface area (Å²) in [5.74, 6) is 0.0266. The summed E-state index contributed by atoms with van der Waals surface area (Å²) >= 11 is 0. The molecule has 2 aromatic rings. The second kappa shape index (κ2) is 8.51. The Morgan fingerprint density at radius 3 is 2.45 bits per heavy atom. The van der Waals surface area contributed by atoms with Crippen LogP contribution in [0.5, 0.6) is 0 Å². The van der Waals surface area contributed by atoms with Crippen molar-refractivity contribution in [3.8, 4) is 0 Å². The largest absolute Gasteiger partial charge is 0.444 e. The first-order valence-electron chi connectivity index (χ1n) is 6.56. The maximum Gasteiger partial charge on any atom is 0.413 e. The van der Waals surface area contributed by atoms with Gasteiger partial charge in [0, 0.05) is 10.5 Å². The highest BCUT2D eigenvalue weighted by Gasteiger charge is 2.08. The van der Waals surface area contributed by atoms with Crippen molar-refractivity contribution >= 4 is 33.5 Å². The van der Waals surface area contributed by atoms with Crippen LogP contribution in [0.15, 0.2) is 59.5 Å². The van der Waals surface area contributed by atoms with Gasteiger partial charge < -0.3 is 4.74 Å². The highest BCUT2D eigenvalue weighted by molar-refractivity contribution is 8.76. The number of carbonyl (C=O) groups excluding carboxylic acids is 1. The first-order chi connectivity index (χ1) is 10.7. The van der Waals surface area contributed by atoms with Crippen LogP contribution in [0, 0.1) is 5.41 Å². The molecule has 0 spiro atoms. The molecule has 2 aromatic carbocycles. The standard InChI is InChI=1S/C16H16N2O2S2/c1-21-22-14-9-7-13(8-10-14)15(17)18-16(19)20-11-12-5-3-2-4-6-12/h2-10H,11H2,1H3,(H2,17,18,19). The minimum atomic E-state index is -0.628. The number of hydrogen-bond acceptors (Lipinski definition) is 5. The van der Waals surface area contributed by atoms with Gasteiger partial charge in [-0.2, -0.15) is 0 Å². The molecule has 0 fully saturated rings. The van der Waals surface area contributed by atoms with Crippen LogP contribution >= 0.6 is 21.6 Å². The third-order valence-corrected chi connectivity index (χ3v) is 4.47.